The van der Waals surface area contributed by atoms with Gasteiger partial charge in [0.15, 0.2) is 0 Å². The van der Waals surface area contributed by atoms with E-state index in [0.29, 0.717) is 23.4 Å². The number of hydrogen-bond acceptors (Lipinski definition) is 1. The van der Waals surface area contributed by atoms with Crippen LogP contribution in [0.2, 0.25) is 0 Å². The first-order valence-corrected chi connectivity index (χ1v) is 5.71. The van der Waals surface area contributed by atoms with Crippen LogP contribution >= 0.6 is 11.6 Å². The third-order valence-corrected chi connectivity index (χ3v) is 2.57. The molecule has 4 heteroatoms. The van der Waals surface area contributed by atoms with Crippen LogP contribution in [0, 0.1) is 12.7 Å². The van der Waals surface area contributed by atoms with Gasteiger partial charge in [-0.3, -0.25) is 4.79 Å². The molecular weight excluding hydrogens is 229 g/mol. The van der Waals surface area contributed by atoms with E-state index in [0.717, 1.165) is 0 Å². The van der Waals surface area contributed by atoms with E-state index in [2.05, 4.69) is 5.32 Å². The average molecular weight is 244 g/mol. The topological polar surface area (TPSA) is 29.1 Å². The molecule has 0 heterocycles. The molecule has 0 bridgehead atoms. The second-order valence-electron chi connectivity index (χ2n) is 3.82. The van der Waals surface area contributed by atoms with E-state index in [4.69, 9.17) is 11.6 Å². The number of aryl methyl sites for hydroxylation is 1. The summed E-state index contributed by atoms with van der Waals surface area (Å²) in [5.41, 5.74) is 0.870. The molecule has 0 saturated carbocycles. The van der Waals surface area contributed by atoms with Crippen molar-refractivity contribution in [2.24, 2.45) is 0 Å². The number of carbonyl (C=O) groups is 1. The fourth-order valence-electron chi connectivity index (χ4n) is 1.28. The molecular formula is C12H15ClFNO. The Morgan fingerprint density at radius 2 is 2.25 bits per heavy atom. The van der Waals surface area contributed by atoms with Gasteiger partial charge in [0.25, 0.3) is 5.91 Å². The number of rotatable bonds is 4. The van der Waals surface area contributed by atoms with E-state index >= 15 is 0 Å². The fraction of sp³-hybridized carbons (Fsp3) is 0.417. The average Bonchev–Trinajstić information content (AvgIpc) is 2.22. The van der Waals surface area contributed by atoms with Crippen LogP contribution in [0.15, 0.2) is 18.2 Å². The smallest absolute Gasteiger partial charge is 0.251 e. The van der Waals surface area contributed by atoms with Crippen LogP contribution in [-0.2, 0) is 0 Å². The van der Waals surface area contributed by atoms with Gasteiger partial charge < -0.3 is 5.32 Å². The van der Waals surface area contributed by atoms with Gasteiger partial charge in [0.05, 0.1) is 0 Å². The largest absolute Gasteiger partial charge is 0.350 e. The summed E-state index contributed by atoms with van der Waals surface area (Å²) in [6, 6.07) is 4.45. The zero-order chi connectivity index (χ0) is 12.1. The summed E-state index contributed by atoms with van der Waals surface area (Å²) in [6.07, 6.45) is 0.696. The lowest BCUT2D eigenvalue weighted by molar-refractivity contribution is 0.0939. The Balaban J connectivity index is 2.69. The highest BCUT2D eigenvalue weighted by Crippen LogP contribution is 2.09. The summed E-state index contributed by atoms with van der Waals surface area (Å²) in [6.45, 7) is 3.53. The van der Waals surface area contributed by atoms with Crippen LogP contribution < -0.4 is 5.32 Å². The third-order valence-electron chi connectivity index (χ3n) is 2.35. The first kappa shape index (κ1) is 13.0. The SMILES string of the molecule is Cc1ccc(C(=O)NC(C)CCCl)cc1F. The maximum absolute atomic E-state index is 13.2. The lowest BCUT2D eigenvalue weighted by Crippen LogP contribution is -2.32. The molecule has 0 aliphatic rings. The molecule has 1 unspecified atom stereocenters. The van der Waals surface area contributed by atoms with E-state index in [1.165, 1.54) is 6.07 Å². The van der Waals surface area contributed by atoms with Gasteiger partial charge in [-0.1, -0.05) is 6.07 Å². The summed E-state index contributed by atoms with van der Waals surface area (Å²) in [4.78, 5) is 11.7. The predicted octanol–water partition coefficient (Wildman–Crippen LogP) is 2.88. The van der Waals surface area contributed by atoms with Crippen molar-refractivity contribution in [3.05, 3.63) is 35.1 Å². The molecule has 0 aliphatic heterocycles. The molecule has 16 heavy (non-hydrogen) atoms. The number of amides is 1. The molecule has 1 aromatic rings. The van der Waals surface area contributed by atoms with Crippen molar-refractivity contribution < 1.29 is 9.18 Å². The molecule has 1 atom stereocenters. The Morgan fingerprint density at radius 3 is 2.81 bits per heavy atom. The molecule has 1 amide bonds. The monoisotopic (exact) mass is 243 g/mol. The van der Waals surface area contributed by atoms with Crippen LogP contribution in [0.1, 0.15) is 29.3 Å². The van der Waals surface area contributed by atoms with Crippen LogP contribution in [-0.4, -0.2) is 17.8 Å². The maximum atomic E-state index is 13.2. The van der Waals surface area contributed by atoms with Crippen molar-refractivity contribution >= 4 is 17.5 Å². The van der Waals surface area contributed by atoms with E-state index < -0.39 is 0 Å². The van der Waals surface area contributed by atoms with E-state index in [1.807, 2.05) is 6.92 Å². The first-order valence-electron chi connectivity index (χ1n) is 5.17. The van der Waals surface area contributed by atoms with E-state index in [-0.39, 0.29) is 17.8 Å². The highest BCUT2D eigenvalue weighted by Gasteiger charge is 2.10. The van der Waals surface area contributed by atoms with Crippen LogP contribution in [0.3, 0.4) is 0 Å². The zero-order valence-electron chi connectivity index (χ0n) is 9.39. The van der Waals surface area contributed by atoms with E-state index in [1.54, 1.807) is 19.1 Å². The molecule has 1 aromatic carbocycles. The highest BCUT2D eigenvalue weighted by atomic mass is 35.5. The minimum absolute atomic E-state index is 0.00522. The second-order valence-corrected chi connectivity index (χ2v) is 4.19. The summed E-state index contributed by atoms with van der Waals surface area (Å²) >= 11 is 5.56. The maximum Gasteiger partial charge on any atom is 0.251 e. The minimum atomic E-state index is -0.363. The number of hydrogen-bond donors (Lipinski definition) is 1. The molecule has 0 fully saturated rings. The molecule has 0 saturated heterocycles. The van der Waals surface area contributed by atoms with Gasteiger partial charge in [0.2, 0.25) is 0 Å². The van der Waals surface area contributed by atoms with Crippen molar-refractivity contribution in [3.8, 4) is 0 Å². The lowest BCUT2D eigenvalue weighted by atomic mass is 10.1. The second kappa shape index (κ2) is 5.85. The fourth-order valence-corrected chi connectivity index (χ4v) is 1.60. The Bertz CT molecular complexity index is 381. The molecule has 2 nitrogen and oxygen atoms in total. The van der Waals surface area contributed by atoms with Gasteiger partial charge in [-0.25, -0.2) is 4.39 Å². The number of nitrogens with one attached hydrogen (secondary N) is 1. The van der Waals surface area contributed by atoms with Gasteiger partial charge in [-0.05, 0) is 38.0 Å². The summed E-state index contributed by atoms with van der Waals surface area (Å²) in [5, 5.41) is 2.75. The Labute approximate surface area is 99.8 Å². The Morgan fingerprint density at radius 1 is 1.56 bits per heavy atom. The lowest BCUT2D eigenvalue weighted by Gasteiger charge is -2.12. The molecule has 0 aromatic heterocycles. The Kier molecular flexibility index (Phi) is 4.74. The van der Waals surface area contributed by atoms with Gasteiger partial charge in [-0.15, -0.1) is 11.6 Å². The third kappa shape index (κ3) is 3.49. The van der Waals surface area contributed by atoms with Crippen LogP contribution in [0.5, 0.6) is 0 Å². The van der Waals surface area contributed by atoms with Gasteiger partial charge in [0, 0.05) is 17.5 Å². The standard InChI is InChI=1S/C12H15ClFNO/c1-8-3-4-10(7-11(8)14)12(16)15-9(2)5-6-13/h3-4,7,9H,5-6H2,1-2H3,(H,15,16). The Hall–Kier alpha value is -1.09. The van der Waals surface area contributed by atoms with E-state index in [9.17, 15) is 9.18 Å². The first-order chi connectivity index (χ1) is 7.54. The van der Waals surface area contributed by atoms with Gasteiger partial charge >= 0.3 is 0 Å². The minimum Gasteiger partial charge on any atom is -0.350 e. The normalized spacial score (nSPS) is 12.2. The number of benzene rings is 1. The molecule has 1 rings (SSSR count). The molecule has 0 aliphatic carbocycles. The quantitative estimate of drug-likeness (QED) is 0.810. The van der Waals surface area contributed by atoms with Crippen molar-refractivity contribution in [2.75, 3.05) is 5.88 Å². The number of halogens is 2. The van der Waals surface area contributed by atoms with Crippen molar-refractivity contribution in [1.29, 1.82) is 0 Å². The van der Waals surface area contributed by atoms with Crippen molar-refractivity contribution in [1.82, 2.24) is 5.32 Å². The molecule has 0 radical (unpaired) electrons. The highest BCUT2D eigenvalue weighted by molar-refractivity contribution is 6.17. The van der Waals surface area contributed by atoms with Crippen LogP contribution in [0.25, 0.3) is 0 Å². The van der Waals surface area contributed by atoms with Gasteiger partial charge in [-0.2, -0.15) is 0 Å². The zero-order valence-corrected chi connectivity index (χ0v) is 10.1. The summed E-state index contributed by atoms with van der Waals surface area (Å²) in [7, 11) is 0. The molecule has 1 N–H and O–H groups in total. The summed E-state index contributed by atoms with van der Waals surface area (Å²) in [5.74, 6) is -0.141. The predicted molar refractivity (Wildman–Crippen MR) is 63.4 cm³/mol. The van der Waals surface area contributed by atoms with Crippen LogP contribution in [0.4, 0.5) is 4.39 Å². The van der Waals surface area contributed by atoms with Crippen molar-refractivity contribution in [3.63, 3.8) is 0 Å². The van der Waals surface area contributed by atoms with Crippen molar-refractivity contribution in [2.45, 2.75) is 26.3 Å². The number of carbonyl (C=O) groups excluding carboxylic acids is 1. The molecule has 0 spiro atoms. The number of alkyl halides is 1. The van der Waals surface area contributed by atoms with Gasteiger partial charge in [0.1, 0.15) is 5.82 Å². The molecule has 88 valence electrons. The summed E-state index contributed by atoms with van der Waals surface area (Å²) < 4.78 is 13.2.